The van der Waals surface area contributed by atoms with Gasteiger partial charge in [-0.25, -0.2) is 9.18 Å². The van der Waals surface area contributed by atoms with Crippen LogP contribution in [0.25, 0.3) is 0 Å². The summed E-state index contributed by atoms with van der Waals surface area (Å²) in [5.74, 6) is -1.23. The number of halogens is 1. The normalized spacial score (nSPS) is 16.5. The first kappa shape index (κ1) is 21.0. The van der Waals surface area contributed by atoms with Gasteiger partial charge in [0.1, 0.15) is 18.5 Å². The van der Waals surface area contributed by atoms with Crippen molar-refractivity contribution in [1.29, 1.82) is 5.26 Å². The van der Waals surface area contributed by atoms with Crippen LogP contribution in [0.1, 0.15) is 55.8 Å². The summed E-state index contributed by atoms with van der Waals surface area (Å²) in [6.07, 6.45) is 2.56. The Hall–Kier alpha value is -3.24. The predicted molar refractivity (Wildman–Crippen MR) is 112 cm³/mol. The smallest absolute Gasteiger partial charge is 0.338 e. The highest BCUT2D eigenvalue weighted by Gasteiger charge is 2.25. The van der Waals surface area contributed by atoms with Gasteiger partial charge in [-0.15, -0.1) is 0 Å². The average Bonchev–Trinajstić information content (AvgIpc) is 3.15. The van der Waals surface area contributed by atoms with Crippen LogP contribution in [0.5, 0.6) is 0 Å². The number of carbonyl (C=O) groups is 2. The Morgan fingerprint density at radius 1 is 1.29 bits per heavy atom. The lowest BCUT2D eigenvalue weighted by Crippen LogP contribution is -2.45. The number of cyclic esters (lactones) is 1. The van der Waals surface area contributed by atoms with Crippen molar-refractivity contribution in [3.05, 3.63) is 69.5 Å². The first-order valence-corrected chi connectivity index (χ1v) is 10.5. The second-order valence-electron chi connectivity index (χ2n) is 8.10. The Morgan fingerprint density at radius 3 is 2.77 bits per heavy atom. The van der Waals surface area contributed by atoms with Gasteiger partial charge in [-0.3, -0.25) is 4.79 Å². The van der Waals surface area contributed by atoms with Crippen molar-refractivity contribution in [3.63, 3.8) is 0 Å². The number of rotatable bonds is 5. The molecule has 2 aromatic rings. The molecule has 2 aromatic carbocycles. The third-order valence-electron chi connectivity index (χ3n) is 6.25. The number of nitrogens with one attached hydrogen (secondary N) is 1. The molecule has 0 atom stereocenters. The summed E-state index contributed by atoms with van der Waals surface area (Å²) in [4.78, 5) is 26.5. The third kappa shape index (κ3) is 4.44. The van der Waals surface area contributed by atoms with Crippen LogP contribution < -0.4 is 5.32 Å². The SMILES string of the molecule is Cc1c(CCN2CCC(NC(=O)c3ccc(C#N)c(F)c3)CC2)ccc2c1COC2=O. The molecule has 0 spiro atoms. The van der Waals surface area contributed by atoms with Gasteiger partial charge in [0.05, 0.1) is 11.1 Å². The number of hydrogen-bond donors (Lipinski definition) is 1. The first-order chi connectivity index (χ1) is 15.0. The molecule has 0 aliphatic carbocycles. The number of nitriles is 1. The van der Waals surface area contributed by atoms with Crippen molar-refractivity contribution in [2.45, 2.75) is 38.8 Å². The number of esters is 1. The summed E-state index contributed by atoms with van der Waals surface area (Å²) in [6.45, 7) is 5.07. The standard InChI is InChI=1S/C24H24FN3O3/c1-15-16(4-5-20-21(15)14-31-24(20)30)6-9-28-10-7-19(8-11-28)27-23(29)17-2-3-18(13-26)22(25)12-17/h2-5,12,19H,6-11,14H2,1H3,(H,27,29). The minimum atomic E-state index is -0.678. The van der Waals surface area contributed by atoms with Crippen LogP contribution in [0.2, 0.25) is 0 Å². The third-order valence-corrected chi connectivity index (χ3v) is 6.25. The lowest BCUT2D eigenvalue weighted by atomic mass is 9.96. The Labute approximate surface area is 180 Å². The lowest BCUT2D eigenvalue weighted by molar-refractivity contribution is 0.0534. The van der Waals surface area contributed by atoms with Crippen molar-refractivity contribution < 1.29 is 18.7 Å². The van der Waals surface area contributed by atoms with Crippen LogP contribution in [-0.2, 0) is 17.8 Å². The van der Waals surface area contributed by atoms with Crippen LogP contribution in [0.4, 0.5) is 4.39 Å². The summed E-state index contributed by atoms with van der Waals surface area (Å²) in [6, 6.07) is 9.60. The highest BCUT2D eigenvalue weighted by molar-refractivity contribution is 5.94. The fourth-order valence-electron chi connectivity index (χ4n) is 4.26. The number of piperidine rings is 1. The number of amides is 1. The molecule has 1 N–H and O–H groups in total. The van der Waals surface area contributed by atoms with E-state index in [4.69, 9.17) is 10.00 Å². The minimum Gasteiger partial charge on any atom is -0.457 e. The monoisotopic (exact) mass is 421 g/mol. The molecule has 1 saturated heterocycles. The minimum absolute atomic E-state index is 0.0485. The van der Waals surface area contributed by atoms with Gasteiger partial charge >= 0.3 is 5.97 Å². The van der Waals surface area contributed by atoms with Gasteiger partial charge in [-0.2, -0.15) is 5.26 Å². The molecule has 7 heteroatoms. The zero-order chi connectivity index (χ0) is 22.0. The maximum absolute atomic E-state index is 13.8. The van der Waals surface area contributed by atoms with E-state index in [-0.39, 0.29) is 29.0 Å². The molecular weight excluding hydrogens is 397 g/mol. The quantitative estimate of drug-likeness (QED) is 0.750. The van der Waals surface area contributed by atoms with Gasteiger partial charge in [0.15, 0.2) is 0 Å². The van der Waals surface area contributed by atoms with Gasteiger partial charge in [0, 0.05) is 36.8 Å². The van der Waals surface area contributed by atoms with E-state index in [0.29, 0.717) is 12.2 Å². The maximum atomic E-state index is 13.8. The number of carbonyl (C=O) groups excluding carboxylic acids is 2. The van der Waals surface area contributed by atoms with Crippen LogP contribution >= 0.6 is 0 Å². The number of hydrogen-bond acceptors (Lipinski definition) is 5. The summed E-state index contributed by atoms with van der Waals surface area (Å²) in [5.41, 5.74) is 4.22. The topological polar surface area (TPSA) is 82.4 Å². The first-order valence-electron chi connectivity index (χ1n) is 10.5. The number of benzene rings is 2. The molecule has 6 nitrogen and oxygen atoms in total. The van der Waals surface area contributed by atoms with E-state index in [2.05, 4.69) is 10.2 Å². The van der Waals surface area contributed by atoms with Crippen LogP contribution in [0, 0.1) is 24.1 Å². The van der Waals surface area contributed by atoms with Crippen molar-refractivity contribution in [2.75, 3.05) is 19.6 Å². The van der Waals surface area contributed by atoms with E-state index in [1.165, 1.54) is 17.7 Å². The fourth-order valence-corrected chi connectivity index (χ4v) is 4.26. The molecule has 1 fully saturated rings. The Kier molecular flexibility index (Phi) is 6.01. The molecular formula is C24H24FN3O3. The van der Waals surface area contributed by atoms with Crippen molar-refractivity contribution in [2.24, 2.45) is 0 Å². The molecule has 160 valence electrons. The molecule has 1 amide bonds. The highest BCUT2D eigenvalue weighted by atomic mass is 19.1. The van der Waals surface area contributed by atoms with E-state index < -0.39 is 5.82 Å². The molecule has 31 heavy (non-hydrogen) atoms. The highest BCUT2D eigenvalue weighted by Crippen LogP contribution is 2.26. The van der Waals surface area contributed by atoms with Crippen LogP contribution in [0.3, 0.4) is 0 Å². The second-order valence-corrected chi connectivity index (χ2v) is 8.10. The number of ether oxygens (including phenoxy) is 1. The lowest BCUT2D eigenvalue weighted by Gasteiger charge is -2.32. The number of fused-ring (bicyclic) bond motifs is 1. The van der Waals surface area contributed by atoms with E-state index in [1.807, 2.05) is 19.1 Å². The second kappa shape index (κ2) is 8.86. The van der Waals surface area contributed by atoms with Crippen molar-refractivity contribution in [1.82, 2.24) is 10.2 Å². The Morgan fingerprint density at radius 2 is 2.06 bits per heavy atom. The van der Waals surface area contributed by atoms with Gasteiger partial charge in [0.2, 0.25) is 0 Å². The predicted octanol–water partition coefficient (Wildman–Crippen LogP) is 3.11. The molecule has 0 aromatic heterocycles. The van der Waals surface area contributed by atoms with E-state index >= 15 is 0 Å². The zero-order valence-corrected chi connectivity index (χ0v) is 17.4. The summed E-state index contributed by atoms with van der Waals surface area (Å²) in [7, 11) is 0. The zero-order valence-electron chi connectivity index (χ0n) is 17.4. The van der Waals surface area contributed by atoms with E-state index in [0.717, 1.165) is 56.1 Å². The summed E-state index contributed by atoms with van der Waals surface area (Å²) >= 11 is 0. The summed E-state index contributed by atoms with van der Waals surface area (Å²) < 4.78 is 18.9. The van der Waals surface area contributed by atoms with Gasteiger partial charge in [-0.1, -0.05) is 6.07 Å². The maximum Gasteiger partial charge on any atom is 0.338 e. The molecule has 0 unspecified atom stereocenters. The van der Waals surface area contributed by atoms with E-state index in [9.17, 15) is 14.0 Å². The average molecular weight is 421 g/mol. The Balaban J connectivity index is 1.27. The van der Waals surface area contributed by atoms with Gasteiger partial charge in [0.25, 0.3) is 5.91 Å². The molecule has 2 aliphatic heterocycles. The van der Waals surface area contributed by atoms with Gasteiger partial charge in [-0.05, 0) is 61.6 Å². The molecule has 0 radical (unpaired) electrons. The number of likely N-dealkylation sites (tertiary alicyclic amines) is 1. The fraction of sp³-hybridized carbons (Fsp3) is 0.375. The molecule has 0 saturated carbocycles. The summed E-state index contributed by atoms with van der Waals surface area (Å²) in [5, 5.41) is 11.8. The van der Waals surface area contributed by atoms with Crippen molar-refractivity contribution in [3.8, 4) is 6.07 Å². The molecule has 2 heterocycles. The van der Waals surface area contributed by atoms with Crippen LogP contribution in [-0.4, -0.2) is 42.5 Å². The molecule has 4 rings (SSSR count). The van der Waals surface area contributed by atoms with E-state index in [1.54, 1.807) is 6.07 Å². The van der Waals surface area contributed by atoms with Crippen LogP contribution in [0.15, 0.2) is 30.3 Å². The Bertz CT molecular complexity index is 1070. The van der Waals surface area contributed by atoms with Gasteiger partial charge < -0.3 is 15.0 Å². The molecule has 2 aliphatic rings. The largest absolute Gasteiger partial charge is 0.457 e. The van der Waals surface area contributed by atoms with Crippen molar-refractivity contribution >= 4 is 11.9 Å². The number of nitrogens with zero attached hydrogens (tertiary/aromatic N) is 2. The molecule has 0 bridgehead atoms.